The van der Waals surface area contributed by atoms with Gasteiger partial charge in [0.05, 0.1) is 16.7 Å². The Kier molecular flexibility index (Phi) is 10.2. The van der Waals surface area contributed by atoms with Gasteiger partial charge in [0.2, 0.25) is 0 Å². The summed E-state index contributed by atoms with van der Waals surface area (Å²) in [6, 6.07) is 102. The molecule has 13 rings (SSSR count). The summed E-state index contributed by atoms with van der Waals surface area (Å²) in [5.74, 6) is 0. The van der Waals surface area contributed by atoms with Crippen molar-refractivity contribution in [3.63, 3.8) is 0 Å². The van der Waals surface area contributed by atoms with Gasteiger partial charge in [-0.05, 0) is 126 Å². The molecule has 0 saturated heterocycles. The number of benzene rings is 12. The highest BCUT2D eigenvalue weighted by molar-refractivity contribution is 6.10. The summed E-state index contributed by atoms with van der Waals surface area (Å²) in [4.78, 5) is 2.41. The van der Waals surface area contributed by atoms with E-state index < -0.39 is 0 Å². The molecule has 70 heavy (non-hydrogen) atoms. The standard InChI is InChI=1S/C68H46N2/c1-2-16-47(17-3-1)48-32-34-53(35-33-48)65-46-56(44-45-61(65)62-24-8-11-29-66(62)70-67-30-12-9-25-63(67)64-26-10-13-31-68(64)70)69(54-40-36-51(37-41-54)59-27-14-20-49-18-4-6-22-57(49)59)55-42-38-52(39-43-55)60-28-15-21-50-19-5-7-23-58(50)60/h1-46H. The molecule has 328 valence electrons. The molecular formula is C68H46N2. The van der Waals surface area contributed by atoms with E-state index in [1.54, 1.807) is 0 Å². The number of hydrogen-bond acceptors (Lipinski definition) is 1. The minimum Gasteiger partial charge on any atom is -0.310 e. The smallest absolute Gasteiger partial charge is 0.0541 e. The molecule has 0 N–H and O–H groups in total. The van der Waals surface area contributed by atoms with Crippen molar-refractivity contribution in [2.75, 3.05) is 4.90 Å². The Morgan fingerprint density at radius 3 is 1.21 bits per heavy atom. The molecule has 0 bridgehead atoms. The van der Waals surface area contributed by atoms with Crippen LogP contribution < -0.4 is 4.90 Å². The van der Waals surface area contributed by atoms with Gasteiger partial charge >= 0.3 is 0 Å². The molecule has 0 amide bonds. The molecule has 13 aromatic rings. The second-order valence-electron chi connectivity index (χ2n) is 18.0. The van der Waals surface area contributed by atoms with E-state index in [0.29, 0.717) is 0 Å². The van der Waals surface area contributed by atoms with Gasteiger partial charge in [0.25, 0.3) is 0 Å². The largest absolute Gasteiger partial charge is 0.310 e. The SMILES string of the molecule is c1ccc(-c2ccc(-c3cc(N(c4ccc(-c5cccc6ccccc56)cc4)c4ccc(-c5cccc6ccccc56)cc4)ccc3-c3ccccc3-n3c4ccccc4c4ccccc43)cc2)cc1. The Bertz CT molecular complexity index is 3850. The van der Waals surface area contributed by atoms with Crippen LogP contribution in [0.2, 0.25) is 0 Å². The normalized spacial score (nSPS) is 11.4. The van der Waals surface area contributed by atoms with Crippen molar-refractivity contribution in [2.45, 2.75) is 0 Å². The fraction of sp³-hybridized carbons (Fsp3) is 0. The van der Waals surface area contributed by atoms with Crippen molar-refractivity contribution in [2.24, 2.45) is 0 Å². The average molecular weight is 891 g/mol. The maximum atomic E-state index is 2.44. The van der Waals surface area contributed by atoms with E-state index >= 15 is 0 Å². The summed E-state index contributed by atoms with van der Waals surface area (Å²) in [7, 11) is 0. The van der Waals surface area contributed by atoms with Gasteiger partial charge in [0, 0.05) is 33.4 Å². The van der Waals surface area contributed by atoms with E-state index in [-0.39, 0.29) is 0 Å². The third-order valence-electron chi connectivity index (χ3n) is 14.0. The highest BCUT2D eigenvalue weighted by atomic mass is 15.1. The van der Waals surface area contributed by atoms with Gasteiger partial charge in [-0.15, -0.1) is 0 Å². The van der Waals surface area contributed by atoms with Crippen molar-refractivity contribution in [1.29, 1.82) is 0 Å². The fourth-order valence-electron chi connectivity index (χ4n) is 10.7. The maximum absolute atomic E-state index is 2.44. The zero-order chi connectivity index (χ0) is 46.4. The summed E-state index contributed by atoms with van der Waals surface area (Å²) in [5, 5.41) is 7.46. The zero-order valence-electron chi connectivity index (χ0n) is 38.5. The molecule has 0 radical (unpaired) electrons. The van der Waals surface area contributed by atoms with E-state index in [9.17, 15) is 0 Å². The van der Waals surface area contributed by atoms with Gasteiger partial charge < -0.3 is 9.47 Å². The molecule has 0 atom stereocenters. The Morgan fingerprint density at radius 2 is 0.629 bits per heavy atom. The van der Waals surface area contributed by atoms with E-state index in [0.717, 1.165) is 45.0 Å². The van der Waals surface area contributed by atoms with Crippen LogP contribution >= 0.6 is 0 Å². The topological polar surface area (TPSA) is 8.17 Å². The molecule has 0 saturated carbocycles. The third kappa shape index (κ3) is 7.22. The van der Waals surface area contributed by atoms with Crippen molar-refractivity contribution in [3.8, 4) is 61.3 Å². The molecule has 1 heterocycles. The first-order valence-electron chi connectivity index (χ1n) is 24.1. The number of hydrogen-bond donors (Lipinski definition) is 0. The first-order chi connectivity index (χ1) is 34.7. The lowest BCUT2D eigenvalue weighted by molar-refractivity contribution is 1.18. The predicted octanol–water partition coefficient (Wildman–Crippen LogP) is 18.9. The number of para-hydroxylation sites is 3. The molecule has 0 spiro atoms. The fourth-order valence-corrected chi connectivity index (χ4v) is 10.7. The summed E-state index contributed by atoms with van der Waals surface area (Å²) in [6.45, 7) is 0. The van der Waals surface area contributed by atoms with Crippen LogP contribution in [0.15, 0.2) is 279 Å². The van der Waals surface area contributed by atoms with Gasteiger partial charge in [0.1, 0.15) is 0 Å². The van der Waals surface area contributed by atoms with Crippen LogP contribution in [0.3, 0.4) is 0 Å². The van der Waals surface area contributed by atoms with Crippen molar-refractivity contribution >= 4 is 60.4 Å². The predicted molar refractivity (Wildman–Crippen MR) is 298 cm³/mol. The summed E-state index contributed by atoms with van der Waals surface area (Å²) in [5.41, 5.74) is 18.5. The Labute approximate surface area is 408 Å². The van der Waals surface area contributed by atoms with Gasteiger partial charge in [-0.25, -0.2) is 0 Å². The molecular weight excluding hydrogens is 845 g/mol. The van der Waals surface area contributed by atoms with Crippen molar-refractivity contribution in [1.82, 2.24) is 4.57 Å². The number of rotatable bonds is 9. The minimum atomic E-state index is 1.07. The average Bonchev–Trinajstić information content (AvgIpc) is 3.78. The summed E-state index contributed by atoms with van der Waals surface area (Å²) < 4.78 is 2.44. The molecule has 2 nitrogen and oxygen atoms in total. The lowest BCUT2D eigenvalue weighted by Gasteiger charge is -2.27. The molecule has 0 aliphatic rings. The van der Waals surface area contributed by atoms with Gasteiger partial charge in [-0.1, -0.05) is 224 Å². The van der Waals surface area contributed by atoms with E-state index in [1.807, 2.05) is 0 Å². The van der Waals surface area contributed by atoms with Gasteiger partial charge in [-0.3, -0.25) is 0 Å². The minimum absolute atomic E-state index is 1.07. The van der Waals surface area contributed by atoms with Crippen molar-refractivity contribution in [3.05, 3.63) is 279 Å². The van der Waals surface area contributed by atoms with Crippen molar-refractivity contribution < 1.29 is 0 Å². The second-order valence-corrected chi connectivity index (χ2v) is 18.0. The molecule has 0 aliphatic heterocycles. The monoisotopic (exact) mass is 890 g/mol. The molecule has 0 fully saturated rings. The Balaban J connectivity index is 1.00. The van der Waals surface area contributed by atoms with Crippen LogP contribution in [-0.2, 0) is 0 Å². The molecule has 0 aliphatic carbocycles. The maximum Gasteiger partial charge on any atom is 0.0541 e. The second kappa shape index (κ2) is 17.4. The highest BCUT2D eigenvalue weighted by Gasteiger charge is 2.21. The van der Waals surface area contributed by atoms with Crippen LogP contribution in [0.25, 0.3) is 105 Å². The summed E-state index contributed by atoms with van der Waals surface area (Å²) in [6.07, 6.45) is 0. The van der Waals surface area contributed by atoms with Crippen LogP contribution in [0.4, 0.5) is 17.1 Å². The summed E-state index contributed by atoms with van der Waals surface area (Å²) >= 11 is 0. The molecule has 2 heteroatoms. The van der Waals surface area contributed by atoms with E-state index in [2.05, 4.69) is 289 Å². The first-order valence-corrected chi connectivity index (χ1v) is 24.1. The van der Waals surface area contributed by atoms with Crippen LogP contribution in [0, 0.1) is 0 Å². The van der Waals surface area contributed by atoms with Gasteiger partial charge in [-0.2, -0.15) is 0 Å². The van der Waals surface area contributed by atoms with Gasteiger partial charge in [0.15, 0.2) is 0 Å². The number of fused-ring (bicyclic) bond motifs is 5. The number of aromatic nitrogens is 1. The lowest BCUT2D eigenvalue weighted by atomic mass is 9.91. The zero-order valence-corrected chi connectivity index (χ0v) is 38.5. The first kappa shape index (κ1) is 41.0. The van der Waals surface area contributed by atoms with Crippen LogP contribution in [-0.4, -0.2) is 4.57 Å². The number of nitrogens with zero attached hydrogens (tertiary/aromatic N) is 2. The van der Waals surface area contributed by atoms with E-state index in [4.69, 9.17) is 0 Å². The lowest BCUT2D eigenvalue weighted by Crippen LogP contribution is -2.10. The third-order valence-corrected chi connectivity index (χ3v) is 14.0. The van der Waals surface area contributed by atoms with Crippen LogP contribution in [0.5, 0.6) is 0 Å². The Morgan fingerprint density at radius 1 is 0.229 bits per heavy atom. The highest BCUT2D eigenvalue weighted by Crippen LogP contribution is 2.45. The molecule has 12 aromatic carbocycles. The number of anilines is 3. The Hall–Kier alpha value is -9.24. The molecule has 1 aromatic heterocycles. The van der Waals surface area contributed by atoms with Crippen LogP contribution in [0.1, 0.15) is 0 Å². The van der Waals surface area contributed by atoms with E-state index in [1.165, 1.54) is 76.7 Å². The molecule has 0 unspecified atom stereocenters. The quantitative estimate of drug-likeness (QED) is 0.140.